The van der Waals surface area contributed by atoms with Crippen molar-refractivity contribution in [3.8, 4) is 0 Å². The molecule has 3 rings (SSSR count). The van der Waals surface area contributed by atoms with Crippen LogP contribution < -0.4 is 4.90 Å². The van der Waals surface area contributed by atoms with Crippen LogP contribution in [-0.2, 0) is 11.3 Å². The second-order valence-corrected chi connectivity index (χ2v) is 6.44. The third kappa shape index (κ3) is 4.72. The summed E-state index contributed by atoms with van der Waals surface area (Å²) in [6, 6.07) is 20.4. The number of amides is 1. The monoisotopic (exact) mass is 382 g/mol. The van der Waals surface area contributed by atoms with Crippen molar-refractivity contribution in [1.29, 1.82) is 0 Å². The van der Waals surface area contributed by atoms with Crippen LogP contribution in [0.5, 0.6) is 0 Å². The maximum atomic E-state index is 12.8. The van der Waals surface area contributed by atoms with Crippen molar-refractivity contribution in [3.05, 3.63) is 100 Å². The Bertz CT molecular complexity index is 912. The number of anilines is 1. The Balaban J connectivity index is 1.86. The van der Waals surface area contributed by atoms with E-state index in [0.717, 1.165) is 11.1 Å². The molecule has 0 unspecified atom stereocenters. The first-order valence-electron chi connectivity index (χ1n) is 8.03. The third-order valence-corrected chi connectivity index (χ3v) is 4.31. The number of aromatic nitrogens is 1. The maximum absolute atomic E-state index is 12.8. The van der Waals surface area contributed by atoms with Gasteiger partial charge in [-0.3, -0.25) is 9.69 Å². The number of carbonyl (C=O) groups excluding carboxylic acids is 1. The van der Waals surface area contributed by atoms with Crippen molar-refractivity contribution < 1.29 is 4.79 Å². The molecule has 0 saturated heterocycles. The molecule has 1 heterocycles. The Morgan fingerprint density at radius 1 is 1.00 bits per heavy atom. The summed E-state index contributed by atoms with van der Waals surface area (Å²) in [5.41, 5.74) is 1.74. The number of halogens is 2. The zero-order chi connectivity index (χ0) is 18.4. The maximum Gasteiger partial charge on any atom is 0.252 e. The Kier molecular flexibility index (Phi) is 6.05. The molecule has 2 aromatic carbocycles. The number of hydrogen-bond acceptors (Lipinski definition) is 2. The lowest BCUT2D eigenvalue weighted by atomic mass is 10.2. The fraction of sp³-hybridized carbons (Fsp3) is 0.0476. The number of nitrogens with zero attached hydrogens (tertiary/aromatic N) is 2. The first-order valence-corrected chi connectivity index (χ1v) is 8.78. The fourth-order valence-electron chi connectivity index (χ4n) is 2.44. The smallest absolute Gasteiger partial charge is 0.252 e. The molecule has 0 N–H and O–H groups in total. The predicted octanol–water partition coefficient (Wildman–Crippen LogP) is 5.64. The molecule has 26 heavy (non-hydrogen) atoms. The van der Waals surface area contributed by atoms with E-state index in [1.54, 1.807) is 35.4 Å². The molecule has 0 aliphatic heterocycles. The van der Waals surface area contributed by atoms with E-state index in [1.165, 1.54) is 6.08 Å². The second kappa shape index (κ2) is 8.65. The van der Waals surface area contributed by atoms with Gasteiger partial charge in [0.1, 0.15) is 5.82 Å². The third-order valence-electron chi connectivity index (χ3n) is 3.74. The Hall–Kier alpha value is -2.62. The van der Waals surface area contributed by atoms with E-state index >= 15 is 0 Å². The van der Waals surface area contributed by atoms with Crippen LogP contribution in [0.1, 0.15) is 11.1 Å². The molecular formula is C21H16Cl2N2O. The van der Waals surface area contributed by atoms with Gasteiger partial charge in [0.15, 0.2) is 0 Å². The summed E-state index contributed by atoms with van der Waals surface area (Å²) in [7, 11) is 0. The molecule has 1 aromatic heterocycles. The molecule has 0 bridgehead atoms. The minimum atomic E-state index is -0.182. The van der Waals surface area contributed by atoms with Gasteiger partial charge in [0, 0.05) is 22.3 Å². The minimum absolute atomic E-state index is 0.182. The van der Waals surface area contributed by atoms with E-state index in [-0.39, 0.29) is 5.91 Å². The fourth-order valence-corrected chi connectivity index (χ4v) is 2.91. The molecule has 0 fully saturated rings. The summed E-state index contributed by atoms with van der Waals surface area (Å²) >= 11 is 12.1. The number of benzene rings is 2. The van der Waals surface area contributed by atoms with Gasteiger partial charge in [-0.05, 0) is 41.5 Å². The molecule has 3 aromatic rings. The van der Waals surface area contributed by atoms with Crippen molar-refractivity contribution in [1.82, 2.24) is 4.98 Å². The first-order chi connectivity index (χ1) is 12.6. The average Bonchev–Trinajstić information content (AvgIpc) is 2.67. The van der Waals surface area contributed by atoms with Crippen molar-refractivity contribution in [2.45, 2.75) is 6.54 Å². The van der Waals surface area contributed by atoms with Crippen LogP contribution in [-0.4, -0.2) is 10.9 Å². The Morgan fingerprint density at radius 3 is 2.46 bits per heavy atom. The predicted molar refractivity (Wildman–Crippen MR) is 107 cm³/mol. The highest BCUT2D eigenvalue weighted by Gasteiger charge is 2.15. The summed E-state index contributed by atoms with van der Waals surface area (Å²) in [4.78, 5) is 18.8. The zero-order valence-electron chi connectivity index (χ0n) is 13.8. The zero-order valence-corrected chi connectivity index (χ0v) is 15.4. The molecule has 0 aliphatic rings. The van der Waals surface area contributed by atoms with Crippen LogP contribution >= 0.6 is 23.2 Å². The van der Waals surface area contributed by atoms with Gasteiger partial charge in [0.25, 0.3) is 5.91 Å². The standard InChI is InChI=1S/C21H16Cl2N2O/c22-18-11-9-17(19(23)14-18)10-12-21(26)25(20-8-4-5-13-24-20)15-16-6-2-1-3-7-16/h1-14H,15H2. The summed E-state index contributed by atoms with van der Waals surface area (Å²) < 4.78 is 0. The Labute approximate surface area is 162 Å². The van der Waals surface area contributed by atoms with E-state index in [2.05, 4.69) is 4.98 Å². The number of hydrogen-bond donors (Lipinski definition) is 0. The molecule has 1 amide bonds. The average molecular weight is 383 g/mol. The van der Waals surface area contributed by atoms with Crippen LogP contribution in [0.3, 0.4) is 0 Å². The molecule has 0 spiro atoms. The minimum Gasteiger partial charge on any atom is -0.289 e. The van der Waals surface area contributed by atoms with Gasteiger partial charge >= 0.3 is 0 Å². The highest BCUT2D eigenvalue weighted by Crippen LogP contribution is 2.22. The quantitative estimate of drug-likeness (QED) is 0.535. The van der Waals surface area contributed by atoms with E-state index in [9.17, 15) is 4.79 Å². The molecule has 0 aliphatic carbocycles. The summed E-state index contributed by atoms with van der Waals surface area (Å²) in [6.45, 7) is 0.426. The molecule has 5 heteroatoms. The Morgan fingerprint density at radius 2 is 1.77 bits per heavy atom. The van der Waals surface area contributed by atoms with Gasteiger partial charge in [0.05, 0.1) is 6.54 Å². The van der Waals surface area contributed by atoms with E-state index in [0.29, 0.717) is 22.4 Å². The molecule has 130 valence electrons. The van der Waals surface area contributed by atoms with Gasteiger partial charge in [-0.2, -0.15) is 0 Å². The molecule has 0 saturated carbocycles. The van der Waals surface area contributed by atoms with Crippen molar-refractivity contribution in [2.24, 2.45) is 0 Å². The SMILES string of the molecule is O=C(C=Cc1ccc(Cl)cc1Cl)N(Cc1ccccc1)c1ccccn1. The number of carbonyl (C=O) groups is 1. The van der Waals surface area contributed by atoms with Crippen molar-refractivity contribution in [3.63, 3.8) is 0 Å². The lowest BCUT2D eigenvalue weighted by Crippen LogP contribution is -2.29. The number of rotatable bonds is 5. The highest BCUT2D eigenvalue weighted by atomic mass is 35.5. The lowest BCUT2D eigenvalue weighted by molar-refractivity contribution is -0.114. The van der Waals surface area contributed by atoms with Gasteiger partial charge in [0.2, 0.25) is 0 Å². The molecule has 0 radical (unpaired) electrons. The highest BCUT2D eigenvalue weighted by molar-refractivity contribution is 6.35. The van der Waals surface area contributed by atoms with E-state index < -0.39 is 0 Å². The van der Waals surface area contributed by atoms with Crippen LogP contribution in [0.25, 0.3) is 6.08 Å². The molecule has 3 nitrogen and oxygen atoms in total. The summed E-state index contributed by atoms with van der Waals surface area (Å²) in [5, 5.41) is 1.05. The normalized spacial score (nSPS) is 10.8. The first kappa shape index (κ1) is 18.2. The van der Waals surface area contributed by atoms with Crippen LogP contribution in [0, 0.1) is 0 Å². The van der Waals surface area contributed by atoms with Crippen LogP contribution in [0.15, 0.2) is 79.0 Å². The molecule has 0 atom stereocenters. The van der Waals surface area contributed by atoms with Gasteiger partial charge in [-0.1, -0.05) is 65.7 Å². The topological polar surface area (TPSA) is 33.2 Å². The van der Waals surface area contributed by atoms with Crippen molar-refractivity contribution in [2.75, 3.05) is 4.90 Å². The van der Waals surface area contributed by atoms with Crippen LogP contribution in [0.2, 0.25) is 10.0 Å². The lowest BCUT2D eigenvalue weighted by Gasteiger charge is -2.20. The van der Waals surface area contributed by atoms with Gasteiger partial charge in [-0.15, -0.1) is 0 Å². The summed E-state index contributed by atoms with van der Waals surface area (Å²) in [6.07, 6.45) is 4.84. The summed E-state index contributed by atoms with van der Waals surface area (Å²) in [5.74, 6) is 0.409. The van der Waals surface area contributed by atoms with E-state index in [1.807, 2.05) is 48.5 Å². The number of pyridine rings is 1. The van der Waals surface area contributed by atoms with E-state index in [4.69, 9.17) is 23.2 Å². The van der Waals surface area contributed by atoms with Gasteiger partial charge < -0.3 is 0 Å². The molecular weight excluding hydrogens is 367 g/mol. The van der Waals surface area contributed by atoms with Gasteiger partial charge in [-0.25, -0.2) is 4.98 Å². The van der Waals surface area contributed by atoms with Crippen molar-refractivity contribution >= 4 is 41.0 Å². The second-order valence-electron chi connectivity index (χ2n) is 5.60. The van der Waals surface area contributed by atoms with Crippen LogP contribution in [0.4, 0.5) is 5.82 Å². The largest absolute Gasteiger partial charge is 0.289 e.